The molecule has 0 atom stereocenters. The van der Waals surface area contributed by atoms with E-state index in [0.717, 1.165) is 5.56 Å². The van der Waals surface area contributed by atoms with Gasteiger partial charge in [-0.1, -0.05) is 18.2 Å². The molecule has 2 rings (SSSR count). The number of esters is 1. The van der Waals surface area contributed by atoms with Crippen LogP contribution in [0.1, 0.15) is 28.4 Å². The zero-order chi connectivity index (χ0) is 17.5. The number of halogens is 1. The van der Waals surface area contributed by atoms with Crippen LogP contribution in [0.2, 0.25) is 0 Å². The minimum absolute atomic E-state index is 0.178. The quantitative estimate of drug-likeness (QED) is 0.823. The van der Waals surface area contributed by atoms with E-state index in [1.807, 2.05) is 6.92 Å². The molecule has 0 unspecified atom stereocenters. The van der Waals surface area contributed by atoms with Crippen molar-refractivity contribution in [3.05, 3.63) is 65.0 Å². The van der Waals surface area contributed by atoms with E-state index in [1.165, 1.54) is 12.1 Å². The SMILES string of the molecule is CCOC(=O)c1ccccc1NC(=O)NCc1cc(F)ccc1C. The number of ether oxygens (including phenoxy) is 1. The molecule has 0 saturated heterocycles. The first-order chi connectivity index (χ1) is 11.5. The third-order valence-corrected chi connectivity index (χ3v) is 3.42. The van der Waals surface area contributed by atoms with E-state index in [-0.39, 0.29) is 24.5 Å². The summed E-state index contributed by atoms with van der Waals surface area (Å²) < 4.78 is 18.2. The maximum Gasteiger partial charge on any atom is 0.340 e. The Labute approximate surface area is 139 Å². The van der Waals surface area contributed by atoms with Crippen LogP contribution in [0.3, 0.4) is 0 Å². The molecule has 0 bridgehead atoms. The Kier molecular flexibility index (Phi) is 5.89. The van der Waals surface area contributed by atoms with Gasteiger partial charge in [0.15, 0.2) is 0 Å². The van der Waals surface area contributed by atoms with Crippen molar-refractivity contribution in [2.75, 3.05) is 11.9 Å². The number of amides is 2. The number of rotatable bonds is 5. The van der Waals surface area contributed by atoms with Crippen LogP contribution in [-0.4, -0.2) is 18.6 Å². The zero-order valence-electron chi connectivity index (χ0n) is 13.6. The maximum atomic E-state index is 13.3. The summed E-state index contributed by atoms with van der Waals surface area (Å²) in [5.74, 6) is -0.861. The normalized spacial score (nSPS) is 10.1. The number of carbonyl (C=O) groups is 2. The first-order valence-electron chi connectivity index (χ1n) is 7.57. The summed E-state index contributed by atoms with van der Waals surface area (Å²) >= 11 is 0. The monoisotopic (exact) mass is 330 g/mol. The molecule has 2 aromatic rings. The molecule has 0 fully saturated rings. The van der Waals surface area contributed by atoms with E-state index in [1.54, 1.807) is 37.3 Å². The van der Waals surface area contributed by atoms with Gasteiger partial charge in [0.25, 0.3) is 0 Å². The second kappa shape index (κ2) is 8.10. The number of para-hydroxylation sites is 1. The molecular formula is C18H19FN2O3. The number of anilines is 1. The van der Waals surface area contributed by atoms with Crippen molar-refractivity contribution in [3.63, 3.8) is 0 Å². The summed E-state index contributed by atoms with van der Waals surface area (Å²) in [4.78, 5) is 23.9. The van der Waals surface area contributed by atoms with E-state index in [9.17, 15) is 14.0 Å². The van der Waals surface area contributed by atoms with Crippen LogP contribution >= 0.6 is 0 Å². The van der Waals surface area contributed by atoms with E-state index in [2.05, 4.69) is 10.6 Å². The van der Waals surface area contributed by atoms with Gasteiger partial charge in [-0.15, -0.1) is 0 Å². The first kappa shape index (κ1) is 17.5. The standard InChI is InChI=1S/C18H19FN2O3/c1-3-24-17(22)15-6-4-5-7-16(15)21-18(23)20-11-13-10-14(19)9-8-12(13)2/h4-10H,3,11H2,1-2H3,(H2,20,21,23). The van der Waals surface area contributed by atoms with E-state index in [4.69, 9.17) is 4.74 Å². The largest absolute Gasteiger partial charge is 0.462 e. The molecule has 0 aliphatic rings. The molecular weight excluding hydrogens is 311 g/mol. The molecule has 0 radical (unpaired) electrons. The molecule has 0 aliphatic carbocycles. The second-order valence-corrected chi connectivity index (χ2v) is 5.14. The minimum atomic E-state index is -0.505. The van der Waals surface area contributed by atoms with Crippen molar-refractivity contribution in [1.82, 2.24) is 5.32 Å². The van der Waals surface area contributed by atoms with Gasteiger partial charge in [0.2, 0.25) is 0 Å². The highest BCUT2D eigenvalue weighted by Crippen LogP contribution is 2.16. The molecule has 0 aromatic heterocycles. The van der Waals surface area contributed by atoms with Gasteiger partial charge in [-0.2, -0.15) is 0 Å². The minimum Gasteiger partial charge on any atom is -0.462 e. The molecule has 5 nitrogen and oxygen atoms in total. The van der Waals surface area contributed by atoms with Crippen molar-refractivity contribution >= 4 is 17.7 Å². The lowest BCUT2D eigenvalue weighted by Crippen LogP contribution is -2.29. The molecule has 24 heavy (non-hydrogen) atoms. The Morgan fingerprint density at radius 2 is 1.92 bits per heavy atom. The average Bonchev–Trinajstić information content (AvgIpc) is 2.56. The van der Waals surface area contributed by atoms with Gasteiger partial charge in [-0.3, -0.25) is 0 Å². The smallest absolute Gasteiger partial charge is 0.340 e. The third kappa shape index (κ3) is 4.55. The van der Waals surface area contributed by atoms with Crippen LogP contribution in [0.25, 0.3) is 0 Å². The fourth-order valence-corrected chi connectivity index (χ4v) is 2.15. The van der Waals surface area contributed by atoms with Crippen molar-refractivity contribution in [3.8, 4) is 0 Å². The summed E-state index contributed by atoms with van der Waals surface area (Å²) in [7, 11) is 0. The van der Waals surface area contributed by atoms with E-state index >= 15 is 0 Å². The number of hydrogen-bond acceptors (Lipinski definition) is 3. The predicted molar refractivity (Wildman–Crippen MR) is 89.4 cm³/mol. The molecule has 0 heterocycles. The lowest BCUT2D eigenvalue weighted by molar-refractivity contribution is 0.0527. The Balaban J connectivity index is 2.02. The number of carbonyl (C=O) groups excluding carboxylic acids is 2. The van der Waals surface area contributed by atoms with Crippen molar-refractivity contribution in [2.45, 2.75) is 20.4 Å². The van der Waals surface area contributed by atoms with E-state index < -0.39 is 12.0 Å². The number of nitrogens with one attached hydrogen (secondary N) is 2. The second-order valence-electron chi connectivity index (χ2n) is 5.14. The summed E-state index contributed by atoms with van der Waals surface area (Å²) in [5.41, 5.74) is 2.19. The Morgan fingerprint density at radius 3 is 2.67 bits per heavy atom. The van der Waals surface area contributed by atoms with Gasteiger partial charge in [0.05, 0.1) is 17.9 Å². The van der Waals surface area contributed by atoms with Crippen molar-refractivity contribution in [2.24, 2.45) is 0 Å². The Morgan fingerprint density at radius 1 is 1.17 bits per heavy atom. The highest BCUT2D eigenvalue weighted by molar-refractivity contribution is 6.00. The van der Waals surface area contributed by atoms with Crippen LogP contribution in [-0.2, 0) is 11.3 Å². The molecule has 126 valence electrons. The van der Waals surface area contributed by atoms with Crippen LogP contribution < -0.4 is 10.6 Å². The van der Waals surface area contributed by atoms with E-state index in [0.29, 0.717) is 11.3 Å². The Bertz CT molecular complexity index is 747. The van der Waals surface area contributed by atoms with Gasteiger partial charge in [0, 0.05) is 6.54 Å². The topological polar surface area (TPSA) is 67.4 Å². The van der Waals surface area contributed by atoms with Crippen molar-refractivity contribution in [1.29, 1.82) is 0 Å². The summed E-state index contributed by atoms with van der Waals surface area (Å²) in [5, 5.41) is 5.25. The zero-order valence-corrected chi connectivity index (χ0v) is 13.6. The fraction of sp³-hybridized carbons (Fsp3) is 0.222. The van der Waals surface area contributed by atoms with Gasteiger partial charge >= 0.3 is 12.0 Å². The molecule has 0 spiro atoms. The van der Waals surface area contributed by atoms with Crippen LogP contribution in [0, 0.1) is 12.7 Å². The molecule has 2 N–H and O–H groups in total. The van der Waals surface area contributed by atoms with Crippen molar-refractivity contribution < 1.29 is 18.7 Å². The maximum absolute atomic E-state index is 13.3. The van der Waals surface area contributed by atoms with Crippen LogP contribution in [0.5, 0.6) is 0 Å². The van der Waals surface area contributed by atoms with Gasteiger partial charge < -0.3 is 15.4 Å². The molecule has 0 aliphatic heterocycles. The summed E-state index contributed by atoms with van der Waals surface area (Å²) in [6, 6.07) is 10.5. The molecule has 2 aromatic carbocycles. The Hall–Kier alpha value is -2.89. The summed E-state index contributed by atoms with van der Waals surface area (Å²) in [6.07, 6.45) is 0. The van der Waals surface area contributed by atoms with Crippen LogP contribution in [0.4, 0.5) is 14.9 Å². The highest BCUT2D eigenvalue weighted by atomic mass is 19.1. The predicted octanol–water partition coefficient (Wildman–Crippen LogP) is 3.63. The highest BCUT2D eigenvalue weighted by Gasteiger charge is 2.13. The lowest BCUT2D eigenvalue weighted by Gasteiger charge is -2.12. The lowest BCUT2D eigenvalue weighted by atomic mass is 10.1. The fourth-order valence-electron chi connectivity index (χ4n) is 2.15. The molecule has 0 saturated carbocycles. The molecule has 2 amide bonds. The number of aryl methyl sites for hydroxylation is 1. The number of benzene rings is 2. The third-order valence-electron chi connectivity index (χ3n) is 3.42. The van der Waals surface area contributed by atoms with Gasteiger partial charge in [-0.05, 0) is 49.2 Å². The number of urea groups is 1. The van der Waals surface area contributed by atoms with Crippen LogP contribution in [0.15, 0.2) is 42.5 Å². The summed E-state index contributed by atoms with van der Waals surface area (Å²) in [6.45, 7) is 3.97. The average molecular weight is 330 g/mol. The first-order valence-corrected chi connectivity index (χ1v) is 7.57. The number of hydrogen-bond donors (Lipinski definition) is 2. The van der Waals surface area contributed by atoms with Gasteiger partial charge in [-0.25, -0.2) is 14.0 Å². The molecule has 6 heteroatoms. The van der Waals surface area contributed by atoms with Gasteiger partial charge in [0.1, 0.15) is 5.82 Å².